The van der Waals surface area contributed by atoms with Crippen LogP contribution in [0.25, 0.3) is 0 Å². The number of hydrogen-bond acceptors (Lipinski definition) is 3. The zero-order chi connectivity index (χ0) is 14.8. The molecule has 1 aliphatic rings. The third-order valence-corrected chi connectivity index (χ3v) is 3.75. The summed E-state index contributed by atoms with van der Waals surface area (Å²) in [5.74, 6) is -2.23. The predicted molar refractivity (Wildman–Crippen MR) is 72.2 cm³/mol. The molecule has 6 heteroatoms. The summed E-state index contributed by atoms with van der Waals surface area (Å²) < 4.78 is 13.8. The van der Waals surface area contributed by atoms with E-state index in [-0.39, 0.29) is 17.2 Å². The summed E-state index contributed by atoms with van der Waals surface area (Å²) in [6, 6.07) is 3.44. The average Bonchev–Trinajstić information content (AvgIpc) is 2.90. The molecule has 0 aliphatic carbocycles. The van der Waals surface area contributed by atoms with Crippen molar-refractivity contribution in [2.45, 2.75) is 31.7 Å². The fraction of sp³-hybridized carbons (Fsp3) is 0.429. The van der Waals surface area contributed by atoms with Gasteiger partial charge in [-0.2, -0.15) is 0 Å². The second-order valence-corrected chi connectivity index (χ2v) is 4.92. The SMILES string of the molecule is CCC1(C(=O)Nc2ccc(C(=O)O)cc2F)CCCN1. The van der Waals surface area contributed by atoms with E-state index in [1.165, 1.54) is 12.1 Å². The summed E-state index contributed by atoms with van der Waals surface area (Å²) in [4.78, 5) is 23.0. The van der Waals surface area contributed by atoms with Gasteiger partial charge >= 0.3 is 5.97 Å². The van der Waals surface area contributed by atoms with E-state index >= 15 is 0 Å². The van der Waals surface area contributed by atoms with Crippen LogP contribution in [0.15, 0.2) is 18.2 Å². The van der Waals surface area contributed by atoms with Crippen LogP contribution in [0.1, 0.15) is 36.5 Å². The van der Waals surface area contributed by atoms with E-state index in [9.17, 15) is 14.0 Å². The predicted octanol–water partition coefficient (Wildman–Crippen LogP) is 1.99. The van der Waals surface area contributed by atoms with E-state index in [0.717, 1.165) is 19.0 Å². The largest absolute Gasteiger partial charge is 0.478 e. The second kappa shape index (κ2) is 5.58. The number of anilines is 1. The third kappa shape index (κ3) is 2.65. The van der Waals surface area contributed by atoms with Crippen LogP contribution < -0.4 is 10.6 Å². The van der Waals surface area contributed by atoms with Gasteiger partial charge in [-0.15, -0.1) is 0 Å². The number of carboxylic acid groups (broad SMARTS) is 1. The highest BCUT2D eigenvalue weighted by atomic mass is 19.1. The average molecular weight is 280 g/mol. The summed E-state index contributed by atoms with van der Waals surface area (Å²) in [5, 5.41) is 14.5. The minimum atomic E-state index is -1.20. The number of benzene rings is 1. The van der Waals surface area contributed by atoms with Crippen LogP contribution >= 0.6 is 0 Å². The standard InChI is InChI=1S/C14H17FN2O3/c1-2-14(6-3-7-16-14)13(20)17-11-5-4-9(12(18)19)8-10(11)15/h4-5,8,16H,2-3,6-7H2,1H3,(H,17,20)(H,18,19). The maximum Gasteiger partial charge on any atom is 0.335 e. The first-order valence-electron chi connectivity index (χ1n) is 6.58. The van der Waals surface area contributed by atoms with Gasteiger partial charge in [0.1, 0.15) is 5.82 Å². The molecule has 0 radical (unpaired) electrons. The van der Waals surface area contributed by atoms with Crippen molar-refractivity contribution in [3.63, 3.8) is 0 Å². The number of aromatic carboxylic acids is 1. The zero-order valence-corrected chi connectivity index (χ0v) is 11.2. The number of hydrogen-bond donors (Lipinski definition) is 3. The van der Waals surface area contributed by atoms with Gasteiger partial charge in [0.2, 0.25) is 5.91 Å². The number of halogens is 1. The van der Waals surface area contributed by atoms with Gasteiger partial charge < -0.3 is 15.7 Å². The first kappa shape index (κ1) is 14.5. The molecule has 1 heterocycles. The van der Waals surface area contributed by atoms with Crippen molar-refractivity contribution in [1.29, 1.82) is 0 Å². The van der Waals surface area contributed by atoms with Gasteiger partial charge in [-0.25, -0.2) is 9.18 Å². The van der Waals surface area contributed by atoms with Crippen LogP contribution in [0.2, 0.25) is 0 Å². The fourth-order valence-corrected chi connectivity index (χ4v) is 2.45. The van der Waals surface area contributed by atoms with Gasteiger partial charge in [-0.1, -0.05) is 6.92 Å². The maximum absolute atomic E-state index is 13.8. The highest BCUT2D eigenvalue weighted by Gasteiger charge is 2.39. The Balaban J connectivity index is 2.17. The highest BCUT2D eigenvalue weighted by molar-refractivity contribution is 5.99. The molecule has 0 bridgehead atoms. The molecule has 3 N–H and O–H groups in total. The molecule has 1 aromatic rings. The number of carbonyl (C=O) groups is 2. The lowest BCUT2D eigenvalue weighted by molar-refractivity contribution is -0.122. The van der Waals surface area contributed by atoms with Gasteiger partial charge in [0.25, 0.3) is 0 Å². The monoisotopic (exact) mass is 280 g/mol. The van der Waals surface area contributed by atoms with E-state index in [0.29, 0.717) is 12.8 Å². The molecule has 20 heavy (non-hydrogen) atoms. The number of carbonyl (C=O) groups excluding carboxylic acids is 1. The Morgan fingerprint density at radius 2 is 2.25 bits per heavy atom. The number of nitrogens with one attached hydrogen (secondary N) is 2. The summed E-state index contributed by atoms with van der Waals surface area (Å²) in [5.41, 5.74) is -0.802. The minimum Gasteiger partial charge on any atom is -0.478 e. The Kier molecular flexibility index (Phi) is 4.04. The molecule has 1 aromatic carbocycles. The van der Waals surface area contributed by atoms with Crippen LogP contribution in [-0.4, -0.2) is 29.1 Å². The Morgan fingerprint density at radius 1 is 1.50 bits per heavy atom. The summed E-state index contributed by atoms with van der Waals surface area (Å²) in [6.45, 7) is 2.67. The molecule has 1 saturated heterocycles. The van der Waals surface area contributed by atoms with Crippen molar-refractivity contribution in [3.8, 4) is 0 Å². The molecule has 0 aromatic heterocycles. The quantitative estimate of drug-likeness (QED) is 0.788. The van der Waals surface area contributed by atoms with Crippen molar-refractivity contribution in [1.82, 2.24) is 5.32 Å². The maximum atomic E-state index is 13.8. The zero-order valence-electron chi connectivity index (χ0n) is 11.2. The summed E-state index contributed by atoms with van der Waals surface area (Å²) in [6.07, 6.45) is 2.24. The second-order valence-electron chi connectivity index (χ2n) is 4.92. The number of rotatable bonds is 4. The molecule has 1 aliphatic heterocycles. The van der Waals surface area contributed by atoms with E-state index in [2.05, 4.69) is 10.6 Å². The van der Waals surface area contributed by atoms with Gasteiger partial charge in [0, 0.05) is 0 Å². The lowest BCUT2D eigenvalue weighted by atomic mass is 9.93. The molecule has 1 fully saturated rings. The summed E-state index contributed by atoms with van der Waals surface area (Å²) >= 11 is 0. The van der Waals surface area contributed by atoms with Crippen molar-refractivity contribution in [2.24, 2.45) is 0 Å². The third-order valence-electron chi connectivity index (χ3n) is 3.75. The number of amides is 1. The van der Waals surface area contributed by atoms with Crippen molar-refractivity contribution < 1.29 is 19.1 Å². The molecule has 1 atom stereocenters. The van der Waals surface area contributed by atoms with E-state index in [4.69, 9.17) is 5.11 Å². The van der Waals surface area contributed by atoms with Gasteiger partial charge in [-0.05, 0) is 44.0 Å². The van der Waals surface area contributed by atoms with Crippen molar-refractivity contribution >= 4 is 17.6 Å². The Hall–Kier alpha value is -1.95. The minimum absolute atomic E-state index is 0.00141. The fourth-order valence-electron chi connectivity index (χ4n) is 2.45. The van der Waals surface area contributed by atoms with Crippen molar-refractivity contribution in [3.05, 3.63) is 29.6 Å². The first-order valence-corrected chi connectivity index (χ1v) is 6.58. The van der Waals surface area contributed by atoms with Gasteiger partial charge in [0.05, 0.1) is 16.8 Å². The van der Waals surface area contributed by atoms with E-state index in [1.807, 2.05) is 6.92 Å². The Labute approximate surface area is 116 Å². The van der Waals surface area contributed by atoms with Crippen LogP contribution in [-0.2, 0) is 4.79 Å². The smallest absolute Gasteiger partial charge is 0.335 e. The molecule has 5 nitrogen and oxygen atoms in total. The van der Waals surface area contributed by atoms with Crippen LogP contribution in [0, 0.1) is 5.82 Å². The Bertz CT molecular complexity index is 539. The Morgan fingerprint density at radius 3 is 2.75 bits per heavy atom. The normalized spacial score (nSPS) is 21.7. The van der Waals surface area contributed by atoms with Crippen LogP contribution in [0.3, 0.4) is 0 Å². The molecule has 1 unspecified atom stereocenters. The lowest BCUT2D eigenvalue weighted by Gasteiger charge is -2.26. The number of carboxylic acids is 1. The highest BCUT2D eigenvalue weighted by Crippen LogP contribution is 2.25. The molecule has 2 rings (SSSR count). The molecule has 0 spiro atoms. The lowest BCUT2D eigenvalue weighted by Crippen LogP contribution is -2.50. The molecule has 1 amide bonds. The van der Waals surface area contributed by atoms with Crippen LogP contribution in [0.5, 0.6) is 0 Å². The topological polar surface area (TPSA) is 78.4 Å². The van der Waals surface area contributed by atoms with E-state index in [1.54, 1.807) is 0 Å². The first-order chi connectivity index (χ1) is 9.48. The van der Waals surface area contributed by atoms with Gasteiger partial charge in [0.15, 0.2) is 0 Å². The molecular weight excluding hydrogens is 263 g/mol. The van der Waals surface area contributed by atoms with Gasteiger partial charge in [-0.3, -0.25) is 4.79 Å². The molecule has 0 saturated carbocycles. The molecule has 108 valence electrons. The van der Waals surface area contributed by atoms with Crippen LogP contribution in [0.4, 0.5) is 10.1 Å². The van der Waals surface area contributed by atoms with E-state index < -0.39 is 17.3 Å². The summed E-state index contributed by atoms with van der Waals surface area (Å²) in [7, 11) is 0. The van der Waals surface area contributed by atoms with Crippen molar-refractivity contribution in [2.75, 3.05) is 11.9 Å². The molecular formula is C14H17FN2O3.